The summed E-state index contributed by atoms with van der Waals surface area (Å²) in [6.07, 6.45) is -1.04. The molecule has 0 aliphatic carbocycles. The van der Waals surface area contributed by atoms with Gasteiger partial charge in [-0.15, -0.1) is 0 Å². The third-order valence-electron chi connectivity index (χ3n) is 1.59. The lowest BCUT2D eigenvalue weighted by Gasteiger charge is -2.04. The van der Waals surface area contributed by atoms with Gasteiger partial charge < -0.3 is 14.3 Å². The standard InChI is InChI=1S/C8H8N2O7/c1-2-16-8(13)9-7-6(10(14)15)4(11)3-5(12)17-7/h3,11H,2H2,1H3,(H,9,13). The largest absolute Gasteiger partial charge is 0.502 e. The molecule has 0 saturated heterocycles. The summed E-state index contributed by atoms with van der Waals surface area (Å²) in [4.78, 5) is 31.5. The van der Waals surface area contributed by atoms with Crippen LogP contribution >= 0.6 is 0 Å². The Kier molecular flexibility index (Phi) is 3.65. The van der Waals surface area contributed by atoms with Gasteiger partial charge in [0.25, 0.3) is 5.88 Å². The minimum atomic E-state index is -1.04. The van der Waals surface area contributed by atoms with Gasteiger partial charge in [0.05, 0.1) is 17.6 Å². The van der Waals surface area contributed by atoms with Gasteiger partial charge in [0.1, 0.15) is 0 Å². The minimum Gasteiger partial charge on any atom is -0.502 e. The van der Waals surface area contributed by atoms with E-state index in [9.17, 15) is 24.8 Å². The van der Waals surface area contributed by atoms with Crippen LogP contribution in [0, 0.1) is 10.1 Å². The summed E-state index contributed by atoms with van der Waals surface area (Å²) in [5, 5.41) is 21.6. The Morgan fingerprint density at radius 1 is 1.71 bits per heavy atom. The Bertz CT molecular complexity index is 507. The van der Waals surface area contributed by atoms with Crippen LogP contribution in [-0.2, 0) is 4.74 Å². The monoisotopic (exact) mass is 244 g/mol. The summed E-state index contributed by atoms with van der Waals surface area (Å²) >= 11 is 0. The Hall–Kier alpha value is -2.58. The third kappa shape index (κ3) is 2.93. The molecular weight excluding hydrogens is 236 g/mol. The van der Waals surface area contributed by atoms with Gasteiger partial charge >= 0.3 is 17.4 Å². The Balaban J connectivity index is 3.17. The molecule has 0 bridgehead atoms. The van der Waals surface area contributed by atoms with Crippen molar-refractivity contribution in [3.05, 3.63) is 26.6 Å². The van der Waals surface area contributed by atoms with Crippen LogP contribution in [0.15, 0.2) is 15.3 Å². The number of hydrogen-bond acceptors (Lipinski definition) is 7. The number of aromatic hydroxyl groups is 1. The van der Waals surface area contributed by atoms with E-state index in [1.165, 1.54) is 6.92 Å². The van der Waals surface area contributed by atoms with Gasteiger partial charge in [-0.05, 0) is 6.92 Å². The van der Waals surface area contributed by atoms with Gasteiger partial charge in [-0.25, -0.2) is 9.59 Å². The van der Waals surface area contributed by atoms with Crippen molar-refractivity contribution in [3.8, 4) is 5.75 Å². The zero-order valence-corrected chi connectivity index (χ0v) is 8.63. The van der Waals surface area contributed by atoms with E-state index in [0.717, 1.165) is 0 Å². The first-order valence-electron chi connectivity index (χ1n) is 4.41. The molecule has 0 fully saturated rings. The average Bonchev–Trinajstić information content (AvgIpc) is 2.15. The molecule has 0 aliphatic rings. The van der Waals surface area contributed by atoms with Crippen LogP contribution in [0.1, 0.15) is 6.92 Å². The zero-order valence-electron chi connectivity index (χ0n) is 8.63. The summed E-state index contributed by atoms with van der Waals surface area (Å²) in [6, 6.07) is 0.522. The first-order valence-corrected chi connectivity index (χ1v) is 4.41. The van der Waals surface area contributed by atoms with Crippen LogP contribution in [0.2, 0.25) is 0 Å². The van der Waals surface area contributed by atoms with Crippen LogP contribution < -0.4 is 10.9 Å². The molecule has 0 aliphatic heterocycles. The molecule has 1 aromatic heterocycles. The molecule has 9 heteroatoms. The van der Waals surface area contributed by atoms with Crippen molar-refractivity contribution in [3.63, 3.8) is 0 Å². The maximum absolute atomic E-state index is 11.0. The summed E-state index contributed by atoms with van der Waals surface area (Å²) in [5.74, 6) is -1.68. The Morgan fingerprint density at radius 2 is 2.35 bits per heavy atom. The molecule has 0 radical (unpaired) electrons. The average molecular weight is 244 g/mol. The molecule has 0 saturated carbocycles. The molecule has 1 amide bonds. The summed E-state index contributed by atoms with van der Waals surface area (Å²) in [5.41, 5.74) is -1.96. The number of carbonyl (C=O) groups is 1. The van der Waals surface area contributed by atoms with Gasteiger partial charge in [0.15, 0.2) is 0 Å². The summed E-state index contributed by atoms with van der Waals surface area (Å²) in [6.45, 7) is 1.55. The molecule has 1 aromatic rings. The number of nitrogens with one attached hydrogen (secondary N) is 1. The second kappa shape index (κ2) is 4.96. The lowest BCUT2D eigenvalue weighted by atomic mass is 10.4. The van der Waals surface area contributed by atoms with E-state index < -0.39 is 34.0 Å². The molecule has 92 valence electrons. The van der Waals surface area contributed by atoms with Crippen molar-refractivity contribution in [2.24, 2.45) is 0 Å². The highest BCUT2D eigenvalue weighted by atomic mass is 16.6. The fraction of sp³-hybridized carbons (Fsp3) is 0.250. The van der Waals surface area contributed by atoms with E-state index in [4.69, 9.17) is 0 Å². The van der Waals surface area contributed by atoms with Crippen LogP contribution in [0.5, 0.6) is 5.75 Å². The van der Waals surface area contributed by atoms with Gasteiger partial charge in [-0.1, -0.05) is 0 Å². The molecule has 0 aromatic carbocycles. The normalized spacial score (nSPS) is 9.71. The van der Waals surface area contributed by atoms with E-state index in [1.807, 2.05) is 5.32 Å². The molecule has 17 heavy (non-hydrogen) atoms. The number of nitro groups is 1. The number of rotatable bonds is 3. The molecule has 1 rings (SSSR count). The van der Waals surface area contributed by atoms with Crippen molar-refractivity contribution < 1.29 is 24.0 Å². The molecule has 0 spiro atoms. The predicted molar refractivity (Wildman–Crippen MR) is 53.9 cm³/mol. The topological polar surface area (TPSA) is 132 Å². The molecule has 0 atom stereocenters. The van der Waals surface area contributed by atoms with Crippen molar-refractivity contribution >= 4 is 17.7 Å². The number of nitrogens with zero attached hydrogens (tertiary/aromatic N) is 1. The SMILES string of the molecule is CCOC(=O)Nc1oc(=O)cc(O)c1[N+](=O)[O-]. The number of hydrogen-bond donors (Lipinski definition) is 2. The van der Waals surface area contributed by atoms with Crippen molar-refractivity contribution in [2.75, 3.05) is 11.9 Å². The van der Waals surface area contributed by atoms with Gasteiger partial charge in [-0.2, -0.15) is 0 Å². The quantitative estimate of drug-likeness (QED) is 0.594. The first-order chi connectivity index (χ1) is 7.95. The van der Waals surface area contributed by atoms with Crippen molar-refractivity contribution in [2.45, 2.75) is 6.92 Å². The zero-order chi connectivity index (χ0) is 13.0. The van der Waals surface area contributed by atoms with E-state index >= 15 is 0 Å². The fourth-order valence-electron chi connectivity index (χ4n) is 0.996. The van der Waals surface area contributed by atoms with E-state index in [-0.39, 0.29) is 6.61 Å². The van der Waals surface area contributed by atoms with E-state index in [1.54, 1.807) is 0 Å². The fourth-order valence-corrected chi connectivity index (χ4v) is 0.996. The van der Waals surface area contributed by atoms with E-state index in [2.05, 4.69) is 9.15 Å². The lowest BCUT2D eigenvalue weighted by Crippen LogP contribution is -2.16. The molecule has 2 N–H and O–H groups in total. The Morgan fingerprint density at radius 3 is 2.88 bits per heavy atom. The number of carbonyl (C=O) groups excluding carboxylic acids is 1. The molecule has 1 heterocycles. The summed E-state index contributed by atoms with van der Waals surface area (Å²) < 4.78 is 8.84. The molecule has 0 unspecified atom stereocenters. The highest BCUT2D eigenvalue weighted by Gasteiger charge is 2.25. The molecule has 9 nitrogen and oxygen atoms in total. The number of anilines is 1. The third-order valence-corrected chi connectivity index (χ3v) is 1.59. The number of ether oxygens (including phenoxy) is 1. The summed E-state index contributed by atoms with van der Waals surface area (Å²) in [7, 11) is 0. The lowest BCUT2D eigenvalue weighted by molar-refractivity contribution is -0.385. The van der Waals surface area contributed by atoms with Crippen molar-refractivity contribution in [1.82, 2.24) is 0 Å². The highest BCUT2D eigenvalue weighted by Crippen LogP contribution is 2.31. The smallest absolute Gasteiger partial charge is 0.414 e. The molecular formula is C8H8N2O7. The van der Waals surface area contributed by atoms with Gasteiger partial charge in [0, 0.05) is 0 Å². The van der Waals surface area contributed by atoms with Crippen LogP contribution in [0.25, 0.3) is 0 Å². The van der Waals surface area contributed by atoms with Crippen LogP contribution in [0.3, 0.4) is 0 Å². The predicted octanol–water partition coefficient (Wildman–Crippen LogP) is 0.822. The second-order valence-corrected chi connectivity index (χ2v) is 2.73. The first kappa shape index (κ1) is 12.5. The minimum absolute atomic E-state index is 0.0304. The van der Waals surface area contributed by atoms with Gasteiger partial charge in [-0.3, -0.25) is 15.4 Å². The highest BCUT2D eigenvalue weighted by molar-refractivity contribution is 5.86. The number of amides is 1. The maximum Gasteiger partial charge on any atom is 0.414 e. The second-order valence-electron chi connectivity index (χ2n) is 2.73. The van der Waals surface area contributed by atoms with Crippen LogP contribution in [-0.4, -0.2) is 22.7 Å². The van der Waals surface area contributed by atoms with Gasteiger partial charge in [0.2, 0.25) is 5.75 Å². The van der Waals surface area contributed by atoms with Crippen molar-refractivity contribution in [1.29, 1.82) is 0 Å². The Labute approximate surface area is 93.8 Å². The maximum atomic E-state index is 11.0. The van der Waals surface area contributed by atoms with Crippen LogP contribution in [0.4, 0.5) is 16.4 Å². The van der Waals surface area contributed by atoms with E-state index in [0.29, 0.717) is 6.07 Å².